The van der Waals surface area contributed by atoms with Crippen LogP contribution in [0.2, 0.25) is 0 Å². The maximum Gasteiger partial charge on any atom is 0.410 e. The van der Waals surface area contributed by atoms with Crippen LogP contribution >= 0.6 is 15.9 Å². The zero-order chi connectivity index (χ0) is 22.1. The van der Waals surface area contributed by atoms with Crippen LogP contribution in [0.5, 0.6) is 0 Å². The van der Waals surface area contributed by atoms with Crippen molar-refractivity contribution in [3.05, 3.63) is 71.8 Å². The quantitative estimate of drug-likeness (QED) is 0.608. The molecule has 1 heterocycles. The first-order valence-corrected chi connectivity index (χ1v) is 11.3. The van der Waals surface area contributed by atoms with Crippen molar-refractivity contribution in [1.29, 1.82) is 0 Å². The van der Waals surface area contributed by atoms with Gasteiger partial charge >= 0.3 is 6.09 Å². The van der Waals surface area contributed by atoms with Crippen LogP contribution in [0.15, 0.2) is 60.7 Å². The number of benzene rings is 2. The Labute approximate surface area is 190 Å². The molecule has 1 atom stereocenters. The van der Waals surface area contributed by atoms with Gasteiger partial charge in [0.15, 0.2) is 0 Å². The van der Waals surface area contributed by atoms with Gasteiger partial charge in [-0.2, -0.15) is 0 Å². The highest BCUT2D eigenvalue weighted by atomic mass is 79.9. The molecule has 1 unspecified atom stereocenters. The lowest BCUT2D eigenvalue weighted by Gasteiger charge is -2.36. The van der Waals surface area contributed by atoms with E-state index >= 15 is 0 Å². The molecule has 2 aromatic carbocycles. The Morgan fingerprint density at radius 3 is 2.00 bits per heavy atom. The van der Waals surface area contributed by atoms with Gasteiger partial charge in [-0.1, -0.05) is 76.6 Å². The van der Waals surface area contributed by atoms with Crippen LogP contribution in [0.1, 0.15) is 11.1 Å². The van der Waals surface area contributed by atoms with Crippen LogP contribution in [0.4, 0.5) is 4.79 Å². The highest BCUT2D eigenvalue weighted by Crippen LogP contribution is 2.11. The minimum atomic E-state index is -0.649. The van der Waals surface area contributed by atoms with Crippen LogP contribution in [0.25, 0.3) is 0 Å². The second-order valence-corrected chi connectivity index (χ2v) is 7.86. The Morgan fingerprint density at radius 2 is 1.42 bits per heavy atom. The molecule has 0 bridgehead atoms. The van der Waals surface area contributed by atoms with E-state index in [-0.39, 0.29) is 29.8 Å². The van der Waals surface area contributed by atoms with Gasteiger partial charge in [0.25, 0.3) is 0 Å². The smallest absolute Gasteiger partial charge is 0.410 e. The van der Waals surface area contributed by atoms with Gasteiger partial charge < -0.3 is 19.9 Å². The lowest BCUT2D eigenvalue weighted by molar-refractivity contribution is -0.137. The van der Waals surface area contributed by atoms with E-state index in [1.165, 1.54) is 0 Å². The van der Waals surface area contributed by atoms with Crippen molar-refractivity contribution in [3.8, 4) is 0 Å². The molecule has 2 aromatic rings. The fourth-order valence-electron chi connectivity index (χ4n) is 3.42. The number of hydrogen-bond donors (Lipinski definition) is 1. The van der Waals surface area contributed by atoms with Crippen LogP contribution in [-0.4, -0.2) is 65.3 Å². The molecule has 0 radical (unpaired) electrons. The average Bonchev–Trinajstić information content (AvgIpc) is 2.83. The predicted molar refractivity (Wildman–Crippen MR) is 121 cm³/mol. The molecule has 0 saturated carbocycles. The molecule has 0 aliphatic carbocycles. The maximum absolute atomic E-state index is 13.1. The first kappa shape index (κ1) is 22.8. The van der Waals surface area contributed by atoms with E-state index in [2.05, 4.69) is 21.2 Å². The van der Waals surface area contributed by atoms with E-state index in [1.807, 2.05) is 60.7 Å². The van der Waals surface area contributed by atoms with Crippen LogP contribution < -0.4 is 5.32 Å². The van der Waals surface area contributed by atoms with Crippen molar-refractivity contribution >= 4 is 33.8 Å². The molecule has 8 heteroatoms. The van der Waals surface area contributed by atoms with Crippen molar-refractivity contribution in [1.82, 2.24) is 15.1 Å². The fraction of sp³-hybridized carbons (Fsp3) is 0.348. The molecular weight excluding hydrogens is 462 g/mol. The number of rotatable bonds is 7. The molecule has 1 fully saturated rings. The summed E-state index contributed by atoms with van der Waals surface area (Å²) in [4.78, 5) is 40.7. The summed E-state index contributed by atoms with van der Waals surface area (Å²) >= 11 is 3.13. The summed E-state index contributed by atoms with van der Waals surface area (Å²) in [5.74, 6) is -0.382. The molecule has 164 valence electrons. The molecule has 0 aromatic heterocycles. The summed E-state index contributed by atoms with van der Waals surface area (Å²) in [6, 6.07) is 18.4. The van der Waals surface area contributed by atoms with Crippen LogP contribution in [0, 0.1) is 0 Å². The number of carbonyl (C=O) groups is 3. The molecule has 7 nitrogen and oxygen atoms in total. The number of nitrogens with one attached hydrogen (secondary N) is 1. The van der Waals surface area contributed by atoms with Crippen LogP contribution in [0.3, 0.4) is 0 Å². The summed E-state index contributed by atoms with van der Waals surface area (Å²) in [6.07, 6.45) is 0.0296. The van der Waals surface area contributed by atoms with Crippen molar-refractivity contribution in [2.24, 2.45) is 0 Å². The number of piperazine rings is 1. The fourth-order valence-corrected chi connectivity index (χ4v) is 3.59. The number of nitrogens with zero attached hydrogens (tertiary/aromatic N) is 2. The molecular formula is C23H26BrN3O4. The van der Waals surface area contributed by atoms with Crippen molar-refractivity contribution in [2.45, 2.75) is 19.1 Å². The first-order valence-electron chi connectivity index (χ1n) is 10.2. The molecule has 31 heavy (non-hydrogen) atoms. The van der Waals surface area contributed by atoms with E-state index < -0.39 is 6.04 Å². The van der Waals surface area contributed by atoms with Crippen molar-refractivity contribution < 1.29 is 19.1 Å². The minimum absolute atomic E-state index is 0.132. The first-order chi connectivity index (χ1) is 15.1. The average molecular weight is 488 g/mol. The highest BCUT2D eigenvalue weighted by molar-refractivity contribution is 9.09. The molecule has 3 amide bonds. The third-order valence-corrected chi connectivity index (χ3v) is 5.60. The van der Waals surface area contributed by atoms with Crippen molar-refractivity contribution in [2.75, 3.05) is 31.5 Å². The van der Waals surface area contributed by atoms with Gasteiger partial charge in [0, 0.05) is 32.6 Å². The molecule has 1 saturated heterocycles. The molecule has 3 rings (SSSR count). The zero-order valence-electron chi connectivity index (χ0n) is 17.2. The third kappa shape index (κ3) is 6.82. The Morgan fingerprint density at radius 1 is 0.871 bits per heavy atom. The summed E-state index contributed by atoms with van der Waals surface area (Å²) in [5, 5.41) is 2.93. The Balaban J connectivity index is 1.53. The van der Waals surface area contributed by atoms with Gasteiger partial charge in [0.05, 0.1) is 5.33 Å². The van der Waals surface area contributed by atoms with Gasteiger partial charge in [-0.3, -0.25) is 9.59 Å². The topological polar surface area (TPSA) is 79.0 Å². The second kappa shape index (κ2) is 11.5. The number of halogens is 1. The molecule has 1 aliphatic rings. The number of amides is 3. The van der Waals surface area contributed by atoms with E-state index in [9.17, 15) is 14.4 Å². The van der Waals surface area contributed by atoms with Crippen LogP contribution in [-0.2, 0) is 27.4 Å². The SMILES string of the molecule is O=C(CBr)NC(Cc1ccccc1)C(=O)N1CCN(C(=O)OCc2ccccc2)CC1. The summed E-state index contributed by atoms with van der Waals surface area (Å²) < 4.78 is 5.38. The van der Waals surface area contributed by atoms with E-state index in [4.69, 9.17) is 4.74 Å². The van der Waals surface area contributed by atoms with E-state index in [0.29, 0.717) is 32.6 Å². The van der Waals surface area contributed by atoms with Gasteiger partial charge in [-0.15, -0.1) is 0 Å². The predicted octanol–water partition coefficient (Wildman–Crippen LogP) is 2.59. The zero-order valence-corrected chi connectivity index (χ0v) is 18.8. The second-order valence-electron chi connectivity index (χ2n) is 7.30. The third-order valence-electron chi connectivity index (χ3n) is 5.09. The van der Waals surface area contributed by atoms with Gasteiger partial charge in [0.1, 0.15) is 12.6 Å². The Kier molecular flexibility index (Phi) is 8.46. The normalized spacial score (nSPS) is 14.6. The lowest BCUT2D eigenvalue weighted by atomic mass is 10.0. The number of ether oxygens (including phenoxy) is 1. The summed E-state index contributed by atoms with van der Waals surface area (Å²) in [7, 11) is 0. The van der Waals surface area contributed by atoms with Gasteiger partial charge in [-0.05, 0) is 11.1 Å². The lowest BCUT2D eigenvalue weighted by Crippen LogP contribution is -2.56. The Bertz CT molecular complexity index is 871. The minimum Gasteiger partial charge on any atom is -0.445 e. The standard InChI is InChI=1S/C23H26BrN3O4/c24-16-21(28)25-20(15-18-7-3-1-4-8-18)22(29)26-11-13-27(14-12-26)23(30)31-17-19-9-5-2-6-10-19/h1-10,20H,11-17H2,(H,25,28). The molecule has 1 N–H and O–H groups in total. The Hall–Kier alpha value is -2.87. The molecule has 1 aliphatic heterocycles. The summed E-state index contributed by atoms with van der Waals surface area (Å²) in [6.45, 7) is 1.80. The van der Waals surface area contributed by atoms with Gasteiger partial charge in [-0.25, -0.2) is 4.79 Å². The number of carbonyl (C=O) groups excluding carboxylic acids is 3. The molecule has 0 spiro atoms. The van der Waals surface area contributed by atoms with E-state index in [0.717, 1.165) is 11.1 Å². The van der Waals surface area contributed by atoms with Crippen molar-refractivity contribution in [3.63, 3.8) is 0 Å². The number of hydrogen-bond acceptors (Lipinski definition) is 4. The number of alkyl halides is 1. The monoisotopic (exact) mass is 487 g/mol. The summed E-state index contributed by atoms with van der Waals surface area (Å²) in [5.41, 5.74) is 1.90. The maximum atomic E-state index is 13.1. The van der Waals surface area contributed by atoms with Gasteiger partial charge in [0.2, 0.25) is 11.8 Å². The highest BCUT2D eigenvalue weighted by Gasteiger charge is 2.30. The van der Waals surface area contributed by atoms with E-state index in [1.54, 1.807) is 9.80 Å². The largest absolute Gasteiger partial charge is 0.445 e.